The third-order valence-corrected chi connectivity index (χ3v) is 3.63. The van der Waals surface area contributed by atoms with Crippen molar-refractivity contribution in [2.45, 2.75) is 25.6 Å². The zero-order valence-electron chi connectivity index (χ0n) is 11.6. The van der Waals surface area contributed by atoms with Gasteiger partial charge < -0.3 is 15.2 Å². The summed E-state index contributed by atoms with van der Waals surface area (Å²) >= 11 is 0. The van der Waals surface area contributed by atoms with Gasteiger partial charge >= 0.3 is 12.6 Å². The number of aliphatic carboxylic acids is 1. The van der Waals surface area contributed by atoms with Gasteiger partial charge in [0.05, 0.1) is 0 Å². The van der Waals surface area contributed by atoms with Gasteiger partial charge in [-0.25, -0.2) is 0 Å². The minimum Gasteiger partial charge on any atom is -0.480 e. The molecule has 5 nitrogen and oxygen atoms in total. The fourth-order valence-electron chi connectivity index (χ4n) is 2.55. The SMILES string of the molecule is CC(c1cccc(OC(F)F)c1)N1CCNCC1C(=O)O. The predicted octanol–water partition coefficient (Wildman–Crippen LogP) is 1.71. The van der Waals surface area contributed by atoms with Crippen molar-refractivity contribution in [2.75, 3.05) is 19.6 Å². The van der Waals surface area contributed by atoms with Crippen LogP contribution in [0.2, 0.25) is 0 Å². The topological polar surface area (TPSA) is 61.8 Å². The molecule has 2 unspecified atom stereocenters. The summed E-state index contributed by atoms with van der Waals surface area (Å²) in [6.45, 7) is 0.635. The van der Waals surface area contributed by atoms with Crippen molar-refractivity contribution in [1.29, 1.82) is 0 Å². The number of carboxylic acid groups (broad SMARTS) is 1. The molecule has 21 heavy (non-hydrogen) atoms. The summed E-state index contributed by atoms with van der Waals surface area (Å²) in [6.07, 6.45) is 0. The summed E-state index contributed by atoms with van der Waals surface area (Å²) in [5, 5.41) is 12.3. The molecule has 0 saturated carbocycles. The lowest BCUT2D eigenvalue weighted by Gasteiger charge is -2.38. The standard InChI is InChI=1S/C14H18F2N2O3/c1-9(18-6-5-17-8-12(18)13(19)20)10-3-2-4-11(7-10)21-14(15)16/h2-4,7,9,12,14,17H,5-6,8H2,1H3,(H,19,20). The van der Waals surface area contributed by atoms with Gasteiger partial charge in [0.1, 0.15) is 11.8 Å². The highest BCUT2D eigenvalue weighted by Gasteiger charge is 2.32. The Bertz CT molecular complexity index is 499. The summed E-state index contributed by atoms with van der Waals surface area (Å²) in [7, 11) is 0. The second-order valence-electron chi connectivity index (χ2n) is 4.92. The van der Waals surface area contributed by atoms with Gasteiger partial charge in [0.15, 0.2) is 0 Å². The molecule has 0 bridgehead atoms. The number of halogens is 2. The molecule has 0 radical (unpaired) electrons. The summed E-state index contributed by atoms with van der Waals surface area (Å²) in [5.41, 5.74) is 0.751. The van der Waals surface area contributed by atoms with Gasteiger partial charge in [0, 0.05) is 25.7 Å². The van der Waals surface area contributed by atoms with Crippen LogP contribution in [-0.4, -0.2) is 48.3 Å². The number of alkyl halides is 2. The van der Waals surface area contributed by atoms with E-state index < -0.39 is 18.6 Å². The van der Waals surface area contributed by atoms with Gasteiger partial charge in [0.25, 0.3) is 0 Å². The van der Waals surface area contributed by atoms with Crippen LogP contribution in [0.15, 0.2) is 24.3 Å². The largest absolute Gasteiger partial charge is 0.480 e. The number of rotatable bonds is 5. The minimum atomic E-state index is -2.87. The quantitative estimate of drug-likeness (QED) is 0.867. The molecule has 1 aliphatic rings. The first-order chi connectivity index (χ1) is 9.99. The van der Waals surface area contributed by atoms with Crippen LogP contribution in [0.4, 0.5) is 8.78 Å². The Morgan fingerprint density at radius 2 is 2.29 bits per heavy atom. The van der Waals surface area contributed by atoms with Crippen molar-refractivity contribution in [3.63, 3.8) is 0 Å². The maximum atomic E-state index is 12.3. The van der Waals surface area contributed by atoms with Crippen LogP contribution in [0, 0.1) is 0 Å². The number of piperazine rings is 1. The molecule has 1 fully saturated rings. The van der Waals surface area contributed by atoms with Crippen molar-refractivity contribution >= 4 is 5.97 Å². The molecule has 1 aromatic carbocycles. The molecular weight excluding hydrogens is 282 g/mol. The number of nitrogens with zero attached hydrogens (tertiary/aromatic N) is 1. The molecule has 0 aliphatic carbocycles. The zero-order valence-corrected chi connectivity index (χ0v) is 11.6. The van der Waals surface area contributed by atoms with E-state index in [4.69, 9.17) is 0 Å². The van der Waals surface area contributed by atoms with Crippen LogP contribution in [0.5, 0.6) is 5.75 Å². The Kier molecular flexibility index (Phi) is 5.08. The van der Waals surface area contributed by atoms with Gasteiger partial charge in [-0.15, -0.1) is 0 Å². The van der Waals surface area contributed by atoms with E-state index in [1.807, 2.05) is 11.8 Å². The van der Waals surface area contributed by atoms with E-state index in [9.17, 15) is 18.7 Å². The van der Waals surface area contributed by atoms with Crippen LogP contribution >= 0.6 is 0 Å². The molecule has 116 valence electrons. The van der Waals surface area contributed by atoms with E-state index >= 15 is 0 Å². The highest BCUT2D eigenvalue weighted by Crippen LogP contribution is 2.27. The maximum Gasteiger partial charge on any atom is 0.387 e. The number of hydrogen-bond donors (Lipinski definition) is 2. The monoisotopic (exact) mass is 300 g/mol. The number of carboxylic acids is 1. The predicted molar refractivity (Wildman–Crippen MR) is 72.5 cm³/mol. The summed E-state index contributed by atoms with van der Waals surface area (Å²) in [4.78, 5) is 13.2. The smallest absolute Gasteiger partial charge is 0.387 e. The number of nitrogens with one attached hydrogen (secondary N) is 1. The summed E-state index contributed by atoms with van der Waals surface area (Å²) in [6, 6.07) is 5.56. The van der Waals surface area contributed by atoms with Crippen molar-refractivity contribution in [3.8, 4) is 5.75 Å². The Labute approximate surface area is 121 Å². The first-order valence-corrected chi connectivity index (χ1v) is 6.73. The fourth-order valence-corrected chi connectivity index (χ4v) is 2.55. The van der Waals surface area contributed by atoms with Crippen LogP contribution in [-0.2, 0) is 4.79 Å². The summed E-state index contributed by atoms with van der Waals surface area (Å²) in [5.74, 6) is -0.814. The minimum absolute atomic E-state index is 0.0800. The lowest BCUT2D eigenvalue weighted by atomic mass is 10.0. The van der Waals surface area contributed by atoms with Crippen molar-refractivity contribution in [2.24, 2.45) is 0 Å². The molecule has 0 amide bonds. The highest BCUT2D eigenvalue weighted by atomic mass is 19.3. The number of carbonyl (C=O) groups is 1. The summed E-state index contributed by atoms with van der Waals surface area (Å²) < 4.78 is 28.9. The Balaban J connectivity index is 2.17. The first kappa shape index (κ1) is 15.7. The molecule has 2 atom stereocenters. The Morgan fingerprint density at radius 3 is 2.95 bits per heavy atom. The molecule has 0 spiro atoms. The van der Waals surface area contributed by atoms with E-state index in [-0.39, 0.29) is 11.8 Å². The van der Waals surface area contributed by atoms with E-state index in [1.165, 1.54) is 12.1 Å². The average Bonchev–Trinajstić information content (AvgIpc) is 2.46. The van der Waals surface area contributed by atoms with Crippen molar-refractivity contribution < 1.29 is 23.4 Å². The highest BCUT2D eigenvalue weighted by molar-refractivity contribution is 5.74. The molecule has 2 N–H and O–H groups in total. The molecule has 7 heteroatoms. The Morgan fingerprint density at radius 1 is 1.52 bits per heavy atom. The van der Waals surface area contributed by atoms with Crippen LogP contribution in [0.25, 0.3) is 0 Å². The third kappa shape index (κ3) is 3.89. The fraction of sp³-hybridized carbons (Fsp3) is 0.500. The van der Waals surface area contributed by atoms with Gasteiger partial charge in [0.2, 0.25) is 0 Å². The third-order valence-electron chi connectivity index (χ3n) is 3.63. The van der Waals surface area contributed by atoms with Crippen molar-refractivity contribution in [3.05, 3.63) is 29.8 Å². The van der Waals surface area contributed by atoms with Crippen LogP contribution in [0.3, 0.4) is 0 Å². The maximum absolute atomic E-state index is 12.3. The van der Waals surface area contributed by atoms with Gasteiger partial charge in [-0.1, -0.05) is 12.1 Å². The first-order valence-electron chi connectivity index (χ1n) is 6.73. The molecular formula is C14H18F2N2O3. The van der Waals surface area contributed by atoms with E-state index in [0.717, 1.165) is 5.56 Å². The molecule has 0 aromatic heterocycles. The van der Waals surface area contributed by atoms with Gasteiger partial charge in [-0.2, -0.15) is 8.78 Å². The molecule has 1 heterocycles. The number of hydrogen-bond acceptors (Lipinski definition) is 4. The van der Waals surface area contributed by atoms with E-state index in [0.29, 0.717) is 19.6 Å². The molecule has 1 aromatic rings. The van der Waals surface area contributed by atoms with Crippen LogP contribution in [0.1, 0.15) is 18.5 Å². The average molecular weight is 300 g/mol. The normalized spacial score (nSPS) is 21.2. The van der Waals surface area contributed by atoms with E-state index in [2.05, 4.69) is 10.1 Å². The van der Waals surface area contributed by atoms with E-state index in [1.54, 1.807) is 12.1 Å². The molecule has 1 saturated heterocycles. The number of benzene rings is 1. The lowest BCUT2D eigenvalue weighted by Crippen LogP contribution is -2.55. The zero-order chi connectivity index (χ0) is 15.4. The Hall–Kier alpha value is -1.73. The molecule has 1 aliphatic heterocycles. The van der Waals surface area contributed by atoms with Crippen molar-refractivity contribution in [1.82, 2.24) is 10.2 Å². The van der Waals surface area contributed by atoms with Gasteiger partial charge in [-0.3, -0.25) is 9.69 Å². The lowest BCUT2D eigenvalue weighted by molar-refractivity contribution is -0.145. The van der Waals surface area contributed by atoms with Gasteiger partial charge in [-0.05, 0) is 24.6 Å². The number of ether oxygens (including phenoxy) is 1. The van der Waals surface area contributed by atoms with Crippen LogP contribution < -0.4 is 10.1 Å². The second-order valence-corrected chi connectivity index (χ2v) is 4.92. The second kappa shape index (κ2) is 6.82. The molecule has 2 rings (SSSR count).